The highest BCUT2D eigenvalue weighted by molar-refractivity contribution is 6.32. The van der Waals surface area contributed by atoms with Crippen molar-refractivity contribution in [1.82, 2.24) is 24.8 Å². The summed E-state index contributed by atoms with van der Waals surface area (Å²) in [6.07, 6.45) is 2.98. The maximum atomic E-state index is 13.5. The number of pyridine rings is 1. The van der Waals surface area contributed by atoms with Gasteiger partial charge in [-0.25, -0.2) is 19.3 Å². The van der Waals surface area contributed by atoms with Crippen LogP contribution in [-0.2, 0) is 6.54 Å². The average Bonchev–Trinajstić information content (AvgIpc) is 2.92. The fraction of sp³-hybridized carbons (Fsp3) is 0.407. The summed E-state index contributed by atoms with van der Waals surface area (Å²) < 4.78 is 13.5. The van der Waals surface area contributed by atoms with Crippen LogP contribution in [0.5, 0.6) is 0 Å². The van der Waals surface area contributed by atoms with E-state index in [9.17, 15) is 9.18 Å². The highest BCUT2D eigenvalue weighted by Gasteiger charge is 2.25. The molecule has 10 heteroatoms. The second-order valence-electron chi connectivity index (χ2n) is 9.60. The van der Waals surface area contributed by atoms with Gasteiger partial charge >= 0.3 is 0 Å². The molecule has 5 rings (SSSR count). The van der Waals surface area contributed by atoms with Gasteiger partial charge in [0.1, 0.15) is 5.82 Å². The average molecular weight is 524 g/mol. The molecule has 0 spiro atoms. The van der Waals surface area contributed by atoms with Crippen LogP contribution in [0.4, 0.5) is 16.2 Å². The van der Waals surface area contributed by atoms with Gasteiger partial charge < -0.3 is 14.7 Å². The largest absolute Gasteiger partial charge is 0.353 e. The number of amides is 1. The van der Waals surface area contributed by atoms with E-state index < -0.39 is 5.82 Å². The molecule has 37 heavy (non-hydrogen) atoms. The Hall–Kier alpha value is -3.30. The van der Waals surface area contributed by atoms with Crippen LogP contribution in [-0.4, -0.2) is 83.0 Å². The minimum Gasteiger partial charge on any atom is -0.353 e. The van der Waals surface area contributed by atoms with E-state index >= 15 is 0 Å². The summed E-state index contributed by atoms with van der Waals surface area (Å²) in [7, 11) is 0. The highest BCUT2D eigenvalue weighted by Crippen LogP contribution is 2.24. The van der Waals surface area contributed by atoms with Crippen molar-refractivity contribution >= 4 is 29.3 Å². The number of hydrogen-bond acceptors (Lipinski definition) is 7. The van der Waals surface area contributed by atoms with Crippen LogP contribution in [0.15, 0.2) is 42.7 Å². The Kier molecular flexibility index (Phi) is 7.53. The van der Waals surface area contributed by atoms with E-state index in [1.807, 2.05) is 41.0 Å². The number of anilines is 2. The number of nitrogens with zero attached hydrogens (tertiary/aromatic N) is 7. The second-order valence-corrected chi connectivity index (χ2v) is 10.0. The number of piperazine rings is 2. The minimum absolute atomic E-state index is 0.0461. The first kappa shape index (κ1) is 25.4. The molecule has 0 bridgehead atoms. The van der Waals surface area contributed by atoms with Crippen molar-refractivity contribution in [3.8, 4) is 0 Å². The van der Waals surface area contributed by atoms with E-state index in [0.717, 1.165) is 55.2 Å². The third-order valence-corrected chi connectivity index (χ3v) is 7.40. The summed E-state index contributed by atoms with van der Waals surface area (Å²) >= 11 is 6.32. The molecule has 2 fully saturated rings. The molecule has 2 aromatic heterocycles. The van der Waals surface area contributed by atoms with Crippen LogP contribution < -0.4 is 9.80 Å². The van der Waals surface area contributed by atoms with Gasteiger partial charge in [-0.15, -0.1) is 0 Å². The Bertz CT molecular complexity index is 1270. The van der Waals surface area contributed by atoms with E-state index in [1.165, 1.54) is 6.20 Å². The zero-order valence-corrected chi connectivity index (χ0v) is 22.0. The molecule has 0 aliphatic carbocycles. The molecule has 2 saturated heterocycles. The number of carbonyl (C=O) groups excluding carboxylic acids is 1. The lowest BCUT2D eigenvalue weighted by atomic mass is 10.0. The molecule has 0 N–H and O–H groups in total. The fourth-order valence-corrected chi connectivity index (χ4v) is 5.10. The van der Waals surface area contributed by atoms with Crippen molar-refractivity contribution in [2.24, 2.45) is 0 Å². The molecular weight excluding hydrogens is 493 g/mol. The van der Waals surface area contributed by atoms with E-state index in [-0.39, 0.29) is 5.91 Å². The van der Waals surface area contributed by atoms with Crippen molar-refractivity contribution in [2.45, 2.75) is 20.4 Å². The summed E-state index contributed by atoms with van der Waals surface area (Å²) in [6.45, 7) is 10.3. The van der Waals surface area contributed by atoms with Gasteiger partial charge in [0.2, 0.25) is 5.95 Å². The Morgan fingerprint density at radius 1 is 0.973 bits per heavy atom. The number of benzene rings is 1. The first-order chi connectivity index (χ1) is 17.9. The smallest absolute Gasteiger partial charge is 0.254 e. The van der Waals surface area contributed by atoms with E-state index in [4.69, 9.17) is 11.6 Å². The van der Waals surface area contributed by atoms with Gasteiger partial charge in [0.05, 0.1) is 16.9 Å². The maximum Gasteiger partial charge on any atom is 0.254 e. The zero-order valence-electron chi connectivity index (χ0n) is 21.2. The SMILES string of the molecule is Cc1ccc(CN2CCN(c3ncccc3Cl)CC2)cc1C(=O)N1CCN(c2ncc(F)c(C)n2)CC1. The van der Waals surface area contributed by atoms with Crippen LogP contribution in [0.1, 0.15) is 27.2 Å². The molecule has 3 aromatic rings. The van der Waals surface area contributed by atoms with Crippen molar-refractivity contribution < 1.29 is 9.18 Å². The summed E-state index contributed by atoms with van der Waals surface area (Å²) in [4.78, 5) is 34.7. The molecule has 0 unspecified atom stereocenters. The van der Waals surface area contributed by atoms with Crippen molar-refractivity contribution in [3.63, 3.8) is 0 Å². The summed E-state index contributed by atoms with van der Waals surface area (Å²) in [5, 5.41) is 0.679. The molecule has 194 valence electrons. The number of rotatable bonds is 5. The topological polar surface area (TPSA) is 68.7 Å². The number of carbonyl (C=O) groups is 1. The van der Waals surface area contributed by atoms with Gasteiger partial charge in [0, 0.05) is 70.7 Å². The molecule has 0 radical (unpaired) electrons. The lowest BCUT2D eigenvalue weighted by molar-refractivity contribution is 0.0745. The van der Waals surface area contributed by atoms with Crippen LogP contribution in [0.2, 0.25) is 5.02 Å². The Labute approximate surface area is 221 Å². The van der Waals surface area contributed by atoms with Crippen LogP contribution in [0.25, 0.3) is 0 Å². The fourth-order valence-electron chi connectivity index (χ4n) is 4.86. The van der Waals surface area contributed by atoms with Gasteiger partial charge in [0.15, 0.2) is 5.82 Å². The summed E-state index contributed by atoms with van der Waals surface area (Å²) in [5.41, 5.74) is 3.19. The van der Waals surface area contributed by atoms with Crippen LogP contribution in [0.3, 0.4) is 0 Å². The Morgan fingerprint density at radius 3 is 2.41 bits per heavy atom. The zero-order chi connectivity index (χ0) is 25.9. The standard InChI is InChI=1S/C27H31ClFN7O/c1-19-5-6-21(18-33-8-10-34(11-9-33)25-23(28)4-3-7-30-25)16-22(19)26(37)35-12-14-36(15-13-35)27-31-17-24(29)20(2)32-27/h3-7,16-17H,8-15,18H2,1-2H3. The third kappa shape index (κ3) is 5.67. The molecule has 1 amide bonds. The first-order valence-corrected chi connectivity index (χ1v) is 13.0. The number of halogens is 2. The summed E-state index contributed by atoms with van der Waals surface area (Å²) in [5.74, 6) is 0.986. The second kappa shape index (κ2) is 11.0. The van der Waals surface area contributed by atoms with Gasteiger partial charge in [-0.3, -0.25) is 9.69 Å². The normalized spacial score (nSPS) is 16.8. The predicted molar refractivity (Wildman–Crippen MR) is 143 cm³/mol. The molecule has 0 saturated carbocycles. The molecule has 8 nitrogen and oxygen atoms in total. The number of aryl methyl sites for hydroxylation is 2. The van der Waals surface area contributed by atoms with Crippen molar-refractivity contribution in [1.29, 1.82) is 0 Å². The molecular formula is C27H31ClFN7O. The molecule has 4 heterocycles. The number of aromatic nitrogens is 3. The van der Waals surface area contributed by atoms with Gasteiger partial charge in [-0.2, -0.15) is 0 Å². The predicted octanol–water partition coefficient (Wildman–Crippen LogP) is 3.57. The van der Waals surface area contributed by atoms with Crippen LogP contribution in [0, 0.1) is 19.7 Å². The molecule has 0 atom stereocenters. The monoisotopic (exact) mass is 523 g/mol. The maximum absolute atomic E-state index is 13.5. The third-order valence-electron chi connectivity index (χ3n) is 7.11. The number of hydrogen-bond donors (Lipinski definition) is 0. The van der Waals surface area contributed by atoms with Gasteiger partial charge in [0.25, 0.3) is 5.91 Å². The highest BCUT2D eigenvalue weighted by atomic mass is 35.5. The van der Waals surface area contributed by atoms with Crippen molar-refractivity contribution in [2.75, 3.05) is 62.2 Å². The van der Waals surface area contributed by atoms with Gasteiger partial charge in [-0.1, -0.05) is 23.7 Å². The Balaban J connectivity index is 1.18. The van der Waals surface area contributed by atoms with Crippen molar-refractivity contribution in [3.05, 3.63) is 75.9 Å². The quantitative estimate of drug-likeness (QED) is 0.506. The van der Waals surface area contributed by atoms with E-state index in [1.54, 1.807) is 13.1 Å². The first-order valence-electron chi connectivity index (χ1n) is 12.6. The molecule has 2 aliphatic heterocycles. The molecule has 2 aliphatic rings. The summed E-state index contributed by atoms with van der Waals surface area (Å²) in [6, 6.07) is 9.91. The van der Waals surface area contributed by atoms with Gasteiger partial charge in [-0.05, 0) is 43.2 Å². The van der Waals surface area contributed by atoms with E-state index in [0.29, 0.717) is 42.8 Å². The lowest BCUT2D eigenvalue weighted by Crippen LogP contribution is -2.49. The van der Waals surface area contributed by atoms with E-state index in [2.05, 4.69) is 30.8 Å². The minimum atomic E-state index is -0.410. The Morgan fingerprint density at radius 2 is 1.70 bits per heavy atom. The van der Waals surface area contributed by atoms with Crippen LogP contribution >= 0.6 is 11.6 Å². The molecule has 1 aromatic carbocycles. The lowest BCUT2D eigenvalue weighted by Gasteiger charge is -2.36.